The van der Waals surface area contributed by atoms with Crippen LogP contribution in [0.2, 0.25) is 0 Å². The average Bonchev–Trinajstić information content (AvgIpc) is 3.24. The first kappa shape index (κ1) is 17.2. The molecule has 22 heavy (non-hydrogen) atoms. The average molecular weight is 330 g/mol. The van der Waals surface area contributed by atoms with Gasteiger partial charge in [0.05, 0.1) is 6.61 Å². The van der Waals surface area contributed by atoms with Gasteiger partial charge in [0.1, 0.15) is 11.9 Å². The lowest BCUT2D eigenvalue weighted by atomic mass is 9.97. The van der Waals surface area contributed by atoms with Crippen LogP contribution in [0, 0.1) is 0 Å². The summed E-state index contributed by atoms with van der Waals surface area (Å²) in [6.07, 6.45) is 4.39. The summed E-state index contributed by atoms with van der Waals surface area (Å²) < 4.78 is 4.96. The molecule has 1 amide bonds. The Labute approximate surface area is 136 Å². The Balaban J connectivity index is 0.00000176. The highest BCUT2D eigenvalue weighted by molar-refractivity contribution is 5.85. The van der Waals surface area contributed by atoms with Gasteiger partial charge in [-0.05, 0) is 25.7 Å². The first-order valence-electron chi connectivity index (χ1n) is 7.64. The van der Waals surface area contributed by atoms with Gasteiger partial charge in [0.2, 0.25) is 5.91 Å². The van der Waals surface area contributed by atoms with Crippen LogP contribution in [0.15, 0.2) is 0 Å². The fourth-order valence-corrected chi connectivity index (χ4v) is 2.88. The lowest BCUT2D eigenvalue weighted by Gasteiger charge is -2.33. The minimum Gasteiger partial charge on any atom is -0.383 e. The Kier molecular flexibility index (Phi) is 5.77. The molecule has 0 spiro atoms. The number of rotatable bonds is 5. The molecule has 2 fully saturated rings. The standard InChI is InChI=1S/C14H23N5O2.ClH/c1-21-8-11(15)14(20)19-6-2-3-10(7-19)13-16-12(17-18-13)9-4-5-9;/h9-11H,2-8,15H2,1H3,(H,16,17,18);1H. The van der Waals surface area contributed by atoms with E-state index in [1.165, 1.54) is 12.8 Å². The van der Waals surface area contributed by atoms with Gasteiger partial charge >= 0.3 is 0 Å². The monoisotopic (exact) mass is 329 g/mol. The molecular formula is C14H24ClN5O2. The number of aromatic nitrogens is 3. The van der Waals surface area contributed by atoms with E-state index in [1.54, 1.807) is 7.11 Å². The molecule has 2 aliphatic rings. The Morgan fingerprint density at radius 3 is 2.91 bits per heavy atom. The molecule has 1 aromatic heterocycles. The topological polar surface area (TPSA) is 97.1 Å². The Hall–Kier alpha value is -1.18. The van der Waals surface area contributed by atoms with Crippen molar-refractivity contribution in [1.29, 1.82) is 0 Å². The van der Waals surface area contributed by atoms with Gasteiger partial charge in [-0.25, -0.2) is 4.98 Å². The van der Waals surface area contributed by atoms with Crippen LogP contribution in [-0.2, 0) is 9.53 Å². The quantitative estimate of drug-likeness (QED) is 0.832. The maximum atomic E-state index is 12.3. The van der Waals surface area contributed by atoms with E-state index in [0.717, 1.165) is 31.0 Å². The summed E-state index contributed by atoms with van der Waals surface area (Å²) in [4.78, 5) is 18.7. The summed E-state index contributed by atoms with van der Waals surface area (Å²) in [5, 5.41) is 7.39. The van der Waals surface area contributed by atoms with Crippen molar-refractivity contribution in [3.8, 4) is 0 Å². The number of hydrogen-bond donors (Lipinski definition) is 2. The number of methoxy groups -OCH3 is 1. The fourth-order valence-electron chi connectivity index (χ4n) is 2.88. The number of ether oxygens (including phenoxy) is 1. The zero-order valence-electron chi connectivity index (χ0n) is 12.8. The summed E-state index contributed by atoms with van der Waals surface area (Å²) in [5.74, 6) is 2.59. The summed E-state index contributed by atoms with van der Waals surface area (Å²) >= 11 is 0. The van der Waals surface area contributed by atoms with Crippen LogP contribution >= 0.6 is 12.4 Å². The van der Waals surface area contributed by atoms with E-state index in [2.05, 4.69) is 15.2 Å². The second-order valence-corrected chi connectivity index (χ2v) is 6.04. The minimum absolute atomic E-state index is 0. The van der Waals surface area contributed by atoms with Gasteiger partial charge in [-0.2, -0.15) is 5.10 Å². The first-order valence-corrected chi connectivity index (χ1v) is 7.64. The summed E-state index contributed by atoms with van der Waals surface area (Å²) in [6, 6.07) is -0.581. The largest absolute Gasteiger partial charge is 0.383 e. The number of nitrogens with one attached hydrogen (secondary N) is 1. The molecule has 1 aromatic rings. The number of nitrogens with zero attached hydrogens (tertiary/aromatic N) is 3. The normalized spacial score (nSPS) is 23.0. The third kappa shape index (κ3) is 3.77. The van der Waals surface area contributed by atoms with Crippen molar-refractivity contribution in [3.05, 3.63) is 11.6 Å². The zero-order chi connectivity index (χ0) is 14.8. The lowest BCUT2D eigenvalue weighted by molar-refractivity contribution is -0.135. The Morgan fingerprint density at radius 2 is 2.23 bits per heavy atom. The number of H-pyrrole nitrogens is 1. The maximum absolute atomic E-state index is 12.3. The number of halogens is 1. The molecule has 124 valence electrons. The number of carbonyl (C=O) groups is 1. The highest BCUT2D eigenvalue weighted by atomic mass is 35.5. The molecule has 1 aliphatic heterocycles. The molecule has 3 rings (SSSR count). The van der Waals surface area contributed by atoms with E-state index >= 15 is 0 Å². The van der Waals surface area contributed by atoms with E-state index in [0.29, 0.717) is 12.5 Å². The van der Waals surface area contributed by atoms with Gasteiger partial charge in [0, 0.05) is 32.0 Å². The molecule has 1 saturated heterocycles. The van der Waals surface area contributed by atoms with Crippen molar-refractivity contribution in [1.82, 2.24) is 20.1 Å². The van der Waals surface area contributed by atoms with Crippen LogP contribution in [0.4, 0.5) is 0 Å². The van der Waals surface area contributed by atoms with Gasteiger partial charge in [-0.1, -0.05) is 0 Å². The smallest absolute Gasteiger partial charge is 0.241 e. The van der Waals surface area contributed by atoms with Crippen LogP contribution in [0.5, 0.6) is 0 Å². The highest BCUT2D eigenvalue weighted by Crippen LogP contribution is 2.38. The molecule has 2 atom stereocenters. The number of carbonyl (C=O) groups excluding carboxylic acids is 1. The van der Waals surface area contributed by atoms with E-state index in [9.17, 15) is 4.79 Å². The van der Waals surface area contributed by atoms with Gasteiger partial charge in [-0.15, -0.1) is 12.4 Å². The lowest BCUT2D eigenvalue weighted by Crippen LogP contribution is -2.49. The van der Waals surface area contributed by atoms with Crippen LogP contribution in [0.3, 0.4) is 0 Å². The SMILES string of the molecule is COCC(N)C(=O)N1CCCC(c2n[nH]c(C3CC3)n2)C1.Cl. The second-order valence-electron chi connectivity index (χ2n) is 6.04. The van der Waals surface area contributed by atoms with Crippen molar-refractivity contribution in [3.63, 3.8) is 0 Å². The van der Waals surface area contributed by atoms with Crippen molar-refractivity contribution in [2.75, 3.05) is 26.8 Å². The molecule has 8 heteroatoms. The molecule has 0 aromatic carbocycles. The third-order valence-electron chi connectivity index (χ3n) is 4.25. The van der Waals surface area contributed by atoms with Crippen molar-refractivity contribution in [2.24, 2.45) is 5.73 Å². The number of hydrogen-bond acceptors (Lipinski definition) is 5. The van der Waals surface area contributed by atoms with E-state index < -0.39 is 6.04 Å². The second kappa shape index (κ2) is 7.39. The third-order valence-corrected chi connectivity index (χ3v) is 4.25. The first-order chi connectivity index (χ1) is 10.2. The van der Waals surface area contributed by atoms with Crippen LogP contribution in [0.25, 0.3) is 0 Å². The summed E-state index contributed by atoms with van der Waals surface area (Å²) in [7, 11) is 1.55. The van der Waals surface area contributed by atoms with Gasteiger partial charge in [0.15, 0.2) is 5.82 Å². The summed E-state index contributed by atoms with van der Waals surface area (Å²) in [6.45, 7) is 1.66. The molecule has 1 aliphatic carbocycles. The minimum atomic E-state index is -0.581. The van der Waals surface area contributed by atoms with Gasteiger partial charge in [0.25, 0.3) is 0 Å². The number of aromatic amines is 1. The predicted octanol–water partition coefficient (Wildman–Crippen LogP) is 0.784. The number of nitrogens with two attached hydrogens (primary N) is 1. The molecule has 3 N–H and O–H groups in total. The molecule has 0 bridgehead atoms. The Bertz CT molecular complexity index is 505. The predicted molar refractivity (Wildman–Crippen MR) is 84.0 cm³/mol. The number of amides is 1. The maximum Gasteiger partial charge on any atom is 0.241 e. The zero-order valence-corrected chi connectivity index (χ0v) is 13.6. The van der Waals surface area contributed by atoms with Crippen molar-refractivity contribution < 1.29 is 9.53 Å². The van der Waals surface area contributed by atoms with Gasteiger partial charge in [-0.3, -0.25) is 9.89 Å². The molecule has 1 saturated carbocycles. The van der Waals surface area contributed by atoms with Crippen LogP contribution in [0.1, 0.15) is 49.2 Å². The number of piperidine rings is 1. The Morgan fingerprint density at radius 1 is 1.45 bits per heavy atom. The van der Waals surface area contributed by atoms with E-state index in [1.807, 2.05) is 4.90 Å². The van der Waals surface area contributed by atoms with Gasteiger partial charge < -0.3 is 15.4 Å². The molecular weight excluding hydrogens is 306 g/mol. The van der Waals surface area contributed by atoms with Crippen molar-refractivity contribution >= 4 is 18.3 Å². The molecule has 7 nitrogen and oxygen atoms in total. The summed E-state index contributed by atoms with van der Waals surface area (Å²) in [5.41, 5.74) is 5.84. The molecule has 2 heterocycles. The molecule has 2 unspecified atom stereocenters. The number of likely N-dealkylation sites (tertiary alicyclic amines) is 1. The fraction of sp³-hybridized carbons (Fsp3) is 0.786. The van der Waals surface area contributed by atoms with Crippen molar-refractivity contribution in [2.45, 2.75) is 43.6 Å². The van der Waals surface area contributed by atoms with Crippen LogP contribution in [-0.4, -0.2) is 58.8 Å². The van der Waals surface area contributed by atoms with Crippen LogP contribution < -0.4 is 5.73 Å². The van der Waals surface area contributed by atoms with E-state index in [-0.39, 0.29) is 30.8 Å². The molecule has 0 radical (unpaired) electrons. The van der Waals surface area contributed by atoms with E-state index in [4.69, 9.17) is 10.5 Å². The highest BCUT2D eigenvalue weighted by Gasteiger charge is 2.32.